The van der Waals surface area contributed by atoms with Crippen LogP contribution >= 0.6 is 0 Å². The quantitative estimate of drug-likeness (QED) is 0.551. The van der Waals surface area contributed by atoms with E-state index in [4.69, 9.17) is 10.6 Å². The third-order valence-corrected chi connectivity index (χ3v) is 3.08. The Morgan fingerprint density at radius 1 is 1.29 bits per heavy atom. The average molecular weight is 286 g/mol. The predicted molar refractivity (Wildman–Crippen MR) is 81.1 cm³/mol. The minimum atomic E-state index is -0.204. The molecule has 0 atom stereocenters. The van der Waals surface area contributed by atoms with Crippen LogP contribution in [0.15, 0.2) is 42.7 Å². The van der Waals surface area contributed by atoms with Gasteiger partial charge in [-0.25, -0.2) is 0 Å². The Balaban J connectivity index is 1.89. The molecule has 0 aliphatic carbocycles. The minimum absolute atomic E-state index is 0.204. The molecule has 1 amide bonds. The molecule has 0 aliphatic heterocycles. The second-order valence-electron chi connectivity index (χ2n) is 4.42. The number of carbonyl (C=O) groups excluding carboxylic acids is 1. The smallest absolute Gasteiger partial charge is 0.255 e. The molecule has 6 heteroatoms. The number of ether oxygens (including phenoxy) is 1. The number of nitrogens with one attached hydrogen (secondary N) is 2. The van der Waals surface area contributed by atoms with Gasteiger partial charge in [-0.3, -0.25) is 15.6 Å². The first-order chi connectivity index (χ1) is 10.2. The fraction of sp³-hybridized carbons (Fsp3) is 0.200. The Morgan fingerprint density at radius 3 is 2.71 bits per heavy atom. The topological polar surface area (TPSA) is 89.3 Å². The number of carbonyl (C=O) groups is 1. The number of benzene rings is 1. The fourth-order valence-corrected chi connectivity index (χ4v) is 1.91. The highest BCUT2D eigenvalue weighted by atomic mass is 16.5. The molecule has 0 fully saturated rings. The summed E-state index contributed by atoms with van der Waals surface area (Å²) in [7, 11) is 1.63. The zero-order chi connectivity index (χ0) is 15.1. The first-order valence-electron chi connectivity index (χ1n) is 6.56. The number of nitrogens with zero attached hydrogens (tertiary/aromatic N) is 1. The molecule has 0 saturated heterocycles. The highest BCUT2D eigenvalue weighted by Gasteiger charge is 2.10. The largest absolute Gasteiger partial charge is 0.497 e. The lowest BCUT2D eigenvalue weighted by molar-refractivity contribution is 0.0954. The lowest BCUT2D eigenvalue weighted by Crippen LogP contribution is -2.27. The van der Waals surface area contributed by atoms with Crippen LogP contribution in [-0.2, 0) is 6.42 Å². The molecular weight excluding hydrogens is 268 g/mol. The number of anilines is 1. The number of nitrogen functional groups attached to an aromatic ring is 1. The van der Waals surface area contributed by atoms with Crippen LogP contribution in [0.3, 0.4) is 0 Å². The van der Waals surface area contributed by atoms with Crippen molar-refractivity contribution in [3.05, 3.63) is 53.9 Å². The minimum Gasteiger partial charge on any atom is -0.497 e. The van der Waals surface area contributed by atoms with Gasteiger partial charge in [-0.1, -0.05) is 12.1 Å². The van der Waals surface area contributed by atoms with Gasteiger partial charge in [0.05, 0.1) is 18.4 Å². The van der Waals surface area contributed by atoms with Crippen LogP contribution in [0.25, 0.3) is 0 Å². The second-order valence-corrected chi connectivity index (χ2v) is 4.42. The van der Waals surface area contributed by atoms with E-state index in [0.717, 1.165) is 17.7 Å². The SMILES string of the molecule is COc1ccc(CCNC(=O)c2cnccc2NN)cc1. The highest BCUT2D eigenvalue weighted by Crippen LogP contribution is 2.13. The Kier molecular flexibility index (Phi) is 5.11. The number of methoxy groups -OCH3 is 1. The van der Waals surface area contributed by atoms with E-state index in [1.165, 1.54) is 6.20 Å². The Bertz CT molecular complexity index is 599. The van der Waals surface area contributed by atoms with Gasteiger partial charge >= 0.3 is 0 Å². The van der Waals surface area contributed by atoms with E-state index < -0.39 is 0 Å². The standard InChI is InChI=1S/C15H18N4O2/c1-21-12-4-2-11(3-5-12)6-9-18-15(20)13-10-17-8-7-14(13)19-16/h2-5,7-8,10H,6,9,16H2,1H3,(H,17,19)(H,18,20). The molecule has 2 aromatic rings. The number of rotatable bonds is 6. The van der Waals surface area contributed by atoms with Crippen molar-refractivity contribution in [2.24, 2.45) is 5.84 Å². The molecule has 4 N–H and O–H groups in total. The maximum atomic E-state index is 12.0. The number of hydrazine groups is 1. The molecule has 110 valence electrons. The first-order valence-corrected chi connectivity index (χ1v) is 6.56. The van der Waals surface area contributed by atoms with Crippen LogP contribution in [0.1, 0.15) is 15.9 Å². The molecule has 0 bridgehead atoms. The van der Waals surface area contributed by atoms with E-state index in [-0.39, 0.29) is 5.91 Å². The van der Waals surface area contributed by atoms with E-state index >= 15 is 0 Å². The number of amides is 1. The molecule has 0 unspecified atom stereocenters. The van der Waals surface area contributed by atoms with Crippen molar-refractivity contribution in [3.63, 3.8) is 0 Å². The van der Waals surface area contributed by atoms with Crippen molar-refractivity contribution in [2.45, 2.75) is 6.42 Å². The van der Waals surface area contributed by atoms with Crippen LogP contribution < -0.4 is 21.3 Å². The third kappa shape index (κ3) is 3.93. The molecule has 0 spiro atoms. The van der Waals surface area contributed by atoms with Gasteiger partial charge in [0, 0.05) is 18.9 Å². The van der Waals surface area contributed by atoms with Crippen molar-refractivity contribution in [1.82, 2.24) is 10.3 Å². The number of nitrogens with two attached hydrogens (primary N) is 1. The normalized spacial score (nSPS) is 10.0. The monoisotopic (exact) mass is 286 g/mol. The van der Waals surface area contributed by atoms with E-state index in [1.807, 2.05) is 24.3 Å². The van der Waals surface area contributed by atoms with Crippen molar-refractivity contribution < 1.29 is 9.53 Å². The third-order valence-electron chi connectivity index (χ3n) is 3.08. The maximum Gasteiger partial charge on any atom is 0.255 e. The molecule has 0 aliphatic rings. The lowest BCUT2D eigenvalue weighted by Gasteiger charge is -2.09. The molecule has 0 radical (unpaired) electrons. The van der Waals surface area contributed by atoms with Crippen LogP contribution in [0.5, 0.6) is 5.75 Å². The average Bonchev–Trinajstić information content (AvgIpc) is 2.55. The summed E-state index contributed by atoms with van der Waals surface area (Å²) in [6.07, 6.45) is 3.79. The summed E-state index contributed by atoms with van der Waals surface area (Å²) in [5, 5.41) is 2.85. The summed E-state index contributed by atoms with van der Waals surface area (Å²) in [5.74, 6) is 5.98. The van der Waals surface area contributed by atoms with Crippen LogP contribution in [0, 0.1) is 0 Å². The second kappa shape index (κ2) is 7.25. The molecule has 1 heterocycles. The summed E-state index contributed by atoms with van der Waals surface area (Å²) >= 11 is 0. The molecule has 6 nitrogen and oxygen atoms in total. The Hall–Kier alpha value is -2.60. The van der Waals surface area contributed by atoms with Gasteiger partial charge in [0.15, 0.2) is 0 Å². The Morgan fingerprint density at radius 2 is 2.05 bits per heavy atom. The molecule has 1 aromatic carbocycles. The Labute approximate surface area is 123 Å². The summed E-state index contributed by atoms with van der Waals surface area (Å²) in [6, 6.07) is 9.39. The van der Waals surface area contributed by atoms with Gasteiger partial charge in [-0.2, -0.15) is 0 Å². The summed E-state index contributed by atoms with van der Waals surface area (Å²) < 4.78 is 5.10. The number of pyridine rings is 1. The highest BCUT2D eigenvalue weighted by molar-refractivity contribution is 5.99. The maximum absolute atomic E-state index is 12.0. The van der Waals surface area contributed by atoms with Crippen LogP contribution in [0.2, 0.25) is 0 Å². The zero-order valence-electron chi connectivity index (χ0n) is 11.8. The summed E-state index contributed by atoms with van der Waals surface area (Å²) in [6.45, 7) is 0.532. The molecule has 2 rings (SSSR count). The molecule has 0 saturated carbocycles. The number of hydrogen-bond donors (Lipinski definition) is 3. The van der Waals surface area contributed by atoms with Gasteiger partial charge in [-0.15, -0.1) is 0 Å². The summed E-state index contributed by atoms with van der Waals surface area (Å²) in [5.41, 5.74) is 4.58. The molecule has 1 aromatic heterocycles. The van der Waals surface area contributed by atoms with Crippen molar-refractivity contribution >= 4 is 11.6 Å². The first kappa shape index (κ1) is 14.8. The van der Waals surface area contributed by atoms with Gasteiger partial charge in [0.1, 0.15) is 5.75 Å². The van der Waals surface area contributed by atoms with Crippen LogP contribution in [-0.4, -0.2) is 24.5 Å². The van der Waals surface area contributed by atoms with Gasteiger partial charge in [0.25, 0.3) is 5.91 Å². The molecule has 21 heavy (non-hydrogen) atoms. The van der Waals surface area contributed by atoms with E-state index in [9.17, 15) is 4.79 Å². The van der Waals surface area contributed by atoms with E-state index in [0.29, 0.717) is 17.8 Å². The van der Waals surface area contributed by atoms with Crippen molar-refractivity contribution in [3.8, 4) is 5.75 Å². The van der Waals surface area contributed by atoms with Crippen molar-refractivity contribution in [1.29, 1.82) is 0 Å². The number of hydrogen-bond acceptors (Lipinski definition) is 5. The van der Waals surface area contributed by atoms with Gasteiger partial charge in [-0.05, 0) is 30.2 Å². The van der Waals surface area contributed by atoms with E-state index in [2.05, 4.69) is 15.7 Å². The van der Waals surface area contributed by atoms with Gasteiger partial charge < -0.3 is 15.5 Å². The lowest BCUT2D eigenvalue weighted by atomic mass is 10.1. The zero-order valence-corrected chi connectivity index (χ0v) is 11.8. The summed E-state index contributed by atoms with van der Waals surface area (Å²) in [4.78, 5) is 16.0. The van der Waals surface area contributed by atoms with Crippen molar-refractivity contribution in [2.75, 3.05) is 19.1 Å². The predicted octanol–water partition coefficient (Wildman–Crippen LogP) is 1.35. The fourth-order valence-electron chi connectivity index (χ4n) is 1.91. The molecular formula is C15H18N4O2. The number of aromatic nitrogens is 1. The van der Waals surface area contributed by atoms with E-state index in [1.54, 1.807) is 19.4 Å². The van der Waals surface area contributed by atoms with Crippen LogP contribution in [0.4, 0.5) is 5.69 Å². The van der Waals surface area contributed by atoms with Gasteiger partial charge in [0.2, 0.25) is 0 Å².